The number of piperidine rings is 1. The average molecular weight is 346 g/mol. The van der Waals surface area contributed by atoms with E-state index in [4.69, 9.17) is 9.47 Å². The van der Waals surface area contributed by atoms with Crippen LogP contribution in [-0.2, 0) is 10.2 Å². The van der Waals surface area contributed by atoms with Gasteiger partial charge in [-0.3, -0.25) is 4.79 Å². The molecule has 0 aliphatic carbocycles. The van der Waals surface area contributed by atoms with Crippen LogP contribution in [0.2, 0.25) is 0 Å². The molecule has 5 heteroatoms. The maximum atomic E-state index is 12.9. The van der Waals surface area contributed by atoms with Gasteiger partial charge in [-0.15, -0.1) is 0 Å². The number of benzene rings is 1. The summed E-state index contributed by atoms with van der Waals surface area (Å²) in [5, 5.41) is 3.26. The van der Waals surface area contributed by atoms with Crippen molar-refractivity contribution in [3.8, 4) is 11.5 Å². The van der Waals surface area contributed by atoms with Crippen LogP contribution in [0.15, 0.2) is 18.2 Å². The lowest BCUT2D eigenvalue weighted by atomic mass is 9.83. The van der Waals surface area contributed by atoms with Gasteiger partial charge in [0, 0.05) is 19.1 Å². The third-order valence-electron chi connectivity index (χ3n) is 5.29. The first kappa shape index (κ1) is 18.1. The highest BCUT2D eigenvalue weighted by molar-refractivity contribution is 5.87. The predicted octanol–water partition coefficient (Wildman–Crippen LogP) is 2.73. The Morgan fingerprint density at radius 2 is 1.88 bits per heavy atom. The molecule has 5 nitrogen and oxygen atoms in total. The molecule has 2 aliphatic heterocycles. The van der Waals surface area contributed by atoms with E-state index >= 15 is 0 Å². The molecule has 0 atom stereocenters. The minimum Gasteiger partial charge on any atom is -0.486 e. The number of nitrogens with one attached hydrogen (secondary N) is 1. The normalized spacial score (nSPS) is 18.8. The quantitative estimate of drug-likeness (QED) is 0.891. The highest BCUT2D eigenvalue weighted by Gasteiger charge is 2.33. The summed E-state index contributed by atoms with van der Waals surface area (Å²) >= 11 is 0. The van der Waals surface area contributed by atoms with Crippen molar-refractivity contribution in [3.05, 3.63) is 23.8 Å². The number of amides is 1. The molecule has 1 fully saturated rings. The average Bonchev–Trinajstić information content (AvgIpc) is 2.63. The summed E-state index contributed by atoms with van der Waals surface area (Å²) in [5.41, 5.74) is 0.355. The van der Waals surface area contributed by atoms with Crippen LogP contribution in [0.3, 0.4) is 0 Å². The standard InChI is InChI=1S/C20H30N2O3/c1-4-9-22-10-7-16(8-11-22)21-19(23)20(2,3)15-5-6-17-18(14-15)25-13-12-24-17/h5-6,14,16H,4,7-13H2,1-3H3,(H,21,23). The topological polar surface area (TPSA) is 50.8 Å². The van der Waals surface area contributed by atoms with Crippen LogP contribution in [-0.4, -0.2) is 49.7 Å². The molecule has 0 spiro atoms. The molecule has 1 amide bonds. The Bertz CT molecular complexity index is 607. The van der Waals surface area contributed by atoms with Crippen molar-refractivity contribution in [2.24, 2.45) is 0 Å². The van der Waals surface area contributed by atoms with Crippen molar-refractivity contribution in [2.75, 3.05) is 32.8 Å². The van der Waals surface area contributed by atoms with Gasteiger partial charge in [0.15, 0.2) is 11.5 Å². The second-order valence-corrected chi connectivity index (χ2v) is 7.57. The van der Waals surface area contributed by atoms with Crippen molar-refractivity contribution >= 4 is 5.91 Å². The summed E-state index contributed by atoms with van der Waals surface area (Å²) in [5.74, 6) is 1.57. The number of fused-ring (bicyclic) bond motifs is 1. The number of carbonyl (C=O) groups excluding carboxylic acids is 1. The van der Waals surface area contributed by atoms with Crippen molar-refractivity contribution in [3.63, 3.8) is 0 Å². The maximum Gasteiger partial charge on any atom is 0.230 e. The molecular weight excluding hydrogens is 316 g/mol. The molecule has 2 heterocycles. The number of hydrogen-bond donors (Lipinski definition) is 1. The smallest absolute Gasteiger partial charge is 0.230 e. The Morgan fingerprint density at radius 3 is 2.56 bits per heavy atom. The van der Waals surface area contributed by atoms with Crippen molar-refractivity contribution in [1.82, 2.24) is 10.2 Å². The van der Waals surface area contributed by atoms with Crippen LogP contribution in [0.1, 0.15) is 45.6 Å². The summed E-state index contributed by atoms with van der Waals surface area (Å²) in [6.07, 6.45) is 3.25. The van der Waals surface area contributed by atoms with E-state index in [0.29, 0.717) is 13.2 Å². The monoisotopic (exact) mass is 346 g/mol. The molecule has 1 saturated heterocycles. The molecule has 1 N–H and O–H groups in total. The van der Waals surface area contributed by atoms with E-state index < -0.39 is 5.41 Å². The van der Waals surface area contributed by atoms with Gasteiger partial charge in [0.25, 0.3) is 0 Å². The van der Waals surface area contributed by atoms with Gasteiger partial charge in [0.05, 0.1) is 5.41 Å². The first-order valence-electron chi connectivity index (χ1n) is 9.44. The van der Waals surface area contributed by atoms with Crippen molar-refractivity contribution < 1.29 is 14.3 Å². The fourth-order valence-electron chi connectivity index (χ4n) is 3.55. The van der Waals surface area contributed by atoms with Crippen LogP contribution in [0.25, 0.3) is 0 Å². The molecule has 0 aromatic heterocycles. The lowest BCUT2D eigenvalue weighted by Gasteiger charge is -2.34. The summed E-state index contributed by atoms with van der Waals surface area (Å²) in [7, 11) is 0. The number of carbonyl (C=O) groups is 1. The zero-order valence-corrected chi connectivity index (χ0v) is 15.6. The molecule has 0 radical (unpaired) electrons. The molecule has 25 heavy (non-hydrogen) atoms. The van der Waals surface area contributed by atoms with Crippen LogP contribution in [0.5, 0.6) is 11.5 Å². The van der Waals surface area contributed by atoms with E-state index in [-0.39, 0.29) is 11.9 Å². The number of likely N-dealkylation sites (tertiary alicyclic amines) is 1. The SMILES string of the molecule is CCCN1CCC(NC(=O)C(C)(C)c2ccc3c(c2)OCCO3)CC1. The largest absolute Gasteiger partial charge is 0.486 e. The van der Waals surface area contributed by atoms with E-state index in [1.54, 1.807) is 0 Å². The summed E-state index contributed by atoms with van der Waals surface area (Å²) in [6, 6.07) is 6.09. The van der Waals surface area contributed by atoms with Crippen molar-refractivity contribution in [1.29, 1.82) is 0 Å². The van der Waals surface area contributed by atoms with Gasteiger partial charge in [-0.1, -0.05) is 13.0 Å². The van der Waals surface area contributed by atoms with E-state index in [1.807, 2.05) is 32.0 Å². The zero-order chi connectivity index (χ0) is 17.9. The van der Waals surface area contributed by atoms with Gasteiger partial charge >= 0.3 is 0 Å². The third kappa shape index (κ3) is 4.09. The second kappa shape index (κ2) is 7.65. The fourth-order valence-corrected chi connectivity index (χ4v) is 3.55. The minimum absolute atomic E-state index is 0.0816. The van der Waals surface area contributed by atoms with Gasteiger partial charge in [0.2, 0.25) is 5.91 Å². The van der Waals surface area contributed by atoms with Crippen LogP contribution >= 0.6 is 0 Å². The van der Waals surface area contributed by atoms with Gasteiger partial charge in [-0.25, -0.2) is 0 Å². The highest BCUT2D eigenvalue weighted by atomic mass is 16.6. The van der Waals surface area contributed by atoms with E-state index in [1.165, 1.54) is 6.42 Å². The number of hydrogen-bond acceptors (Lipinski definition) is 4. The lowest BCUT2D eigenvalue weighted by Crippen LogP contribution is -2.49. The molecule has 0 bridgehead atoms. The van der Waals surface area contributed by atoms with E-state index in [2.05, 4.69) is 17.1 Å². The van der Waals surface area contributed by atoms with Gasteiger partial charge in [-0.2, -0.15) is 0 Å². The minimum atomic E-state index is -0.601. The molecule has 138 valence electrons. The first-order chi connectivity index (χ1) is 12.0. The summed E-state index contributed by atoms with van der Waals surface area (Å²) < 4.78 is 11.2. The lowest BCUT2D eigenvalue weighted by molar-refractivity contribution is -0.126. The second-order valence-electron chi connectivity index (χ2n) is 7.57. The van der Waals surface area contributed by atoms with Crippen LogP contribution < -0.4 is 14.8 Å². The Kier molecular flexibility index (Phi) is 5.52. The van der Waals surface area contributed by atoms with Gasteiger partial charge in [-0.05, 0) is 57.4 Å². The number of rotatable bonds is 5. The molecule has 2 aliphatic rings. The number of ether oxygens (including phenoxy) is 2. The molecule has 1 aromatic carbocycles. The first-order valence-corrected chi connectivity index (χ1v) is 9.44. The maximum absolute atomic E-state index is 12.9. The molecule has 3 rings (SSSR count). The van der Waals surface area contributed by atoms with Crippen LogP contribution in [0.4, 0.5) is 0 Å². The Balaban J connectivity index is 1.63. The highest BCUT2D eigenvalue weighted by Crippen LogP contribution is 2.35. The van der Waals surface area contributed by atoms with Crippen LogP contribution in [0, 0.1) is 0 Å². The van der Waals surface area contributed by atoms with Crippen molar-refractivity contribution in [2.45, 2.75) is 51.5 Å². The predicted molar refractivity (Wildman–Crippen MR) is 98.4 cm³/mol. The molecule has 0 saturated carbocycles. The van der Waals surface area contributed by atoms with Gasteiger partial charge < -0.3 is 19.7 Å². The Hall–Kier alpha value is -1.75. The Labute approximate surface area is 150 Å². The Morgan fingerprint density at radius 1 is 1.20 bits per heavy atom. The fraction of sp³-hybridized carbons (Fsp3) is 0.650. The molecule has 0 unspecified atom stereocenters. The van der Waals surface area contributed by atoms with E-state index in [0.717, 1.165) is 49.5 Å². The third-order valence-corrected chi connectivity index (χ3v) is 5.29. The van der Waals surface area contributed by atoms with Gasteiger partial charge in [0.1, 0.15) is 13.2 Å². The molecular formula is C20H30N2O3. The zero-order valence-electron chi connectivity index (χ0n) is 15.6. The summed E-state index contributed by atoms with van der Waals surface area (Å²) in [4.78, 5) is 15.4. The number of nitrogens with zero attached hydrogens (tertiary/aromatic N) is 1. The molecule has 1 aromatic rings. The van der Waals surface area contributed by atoms with E-state index in [9.17, 15) is 4.79 Å². The summed E-state index contributed by atoms with van der Waals surface area (Å²) in [6.45, 7) is 10.6.